The molecule has 0 spiro atoms. The highest BCUT2D eigenvalue weighted by molar-refractivity contribution is 6.06. The van der Waals surface area contributed by atoms with Crippen LogP contribution in [0.2, 0.25) is 0 Å². The van der Waals surface area contributed by atoms with Crippen LogP contribution in [0.5, 0.6) is 0 Å². The lowest BCUT2D eigenvalue weighted by Crippen LogP contribution is -2.40. The van der Waals surface area contributed by atoms with E-state index in [1.165, 1.54) is 5.56 Å². The normalized spacial score (nSPS) is 24.7. The summed E-state index contributed by atoms with van der Waals surface area (Å²) < 4.78 is 0. The minimum absolute atomic E-state index is 0.326. The van der Waals surface area contributed by atoms with E-state index in [0.29, 0.717) is 12.2 Å². The highest BCUT2D eigenvalue weighted by atomic mass is 16.1. The minimum Gasteiger partial charge on any atom is -0.299 e. The van der Waals surface area contributed by atoms with Gasteiger partial charge in [0.15, 0.2) is 0 Å². The molecule has 2 nitrogen and oxygen atoms in total. The van der Waals surface area contributed by atoms with Crippen LogP contribution in [0, 0.1) is 0 Å². The summed E-state index contributed by atoms with van der Waals surface area (Å²) in [6, 6.07) is 8.42. The summed E-state index contributed by atoms with van der Waals surface area (Å²) in [7, 11) is 1.76. The minimum atomic E-state index is -0.460. The van der Waals surface area contributed by atoms with Crippen molar-refractivity contribution in [2.45, 2.75) is 44.4 Å². The fraction of sp³-hybridized carbons (Fsp3) is 0.500. The SMILES string of the molecule is CCc1cccc([C@@]2(C=NC)CCCCC2=O)c1. The molecule has 0 radical (unpaired) electrons. The van der Waals surface area contributed by atoms with Gasteiger partial charge in [-0.25, -0.2) is 0 Å². The monoisotopic (exact) mass is 243 g/mol. The van der Waals surface area contributed by atoms with E-state index in [2.05, 4.69) is 36.2 Å². The molecule has 0 aromatic heterocycles. The van der Waals surface area contributed by atoms with Crippen LogP contribution in [0.15, 0.2) is 29.3 Å². The van der Waals surface area contributed by atoms with Crippen LogP contribution >= 0.6 is 0 Å². The second-order valence-corrected chi connectivity index (χ2v) is 5.04. The van der Waals surface area contributed by atoms with E-state index in [4.69, 9.17) is 0 Å². The number of Topliss-reactive ketones (excluding diaryl/α,β-unsaturated/α-hetero) is 1. The highest BCUT2D eigenvalue weighted by Gasteiger charge is 2.39. The van der Waals surface area contributed by atoms with E-state index in [-0.39, 0.29) is 0 Å². The fourth-order valence-corrected chi connectivity index (χ4v) is 2.86. The first-order valence-electron chi connectivity index (χ1n) is 6.79. The molecule has 2 rings (SSSR count). The van der Waals surface area contributed by atoms with Gasteiger partial charge in [-0.2, -0.15) is 0 Å². The Balaban J connectivity index is 2.48. The van der Waals surface area contributed by atoms with Crippen LogP contribution in [0.3, 0.4) is 0 Å². The van der Waals surface area contributed by atoms with Crippen molar-refractivity contribution in [3.8, 4) is 0 Å². The fourth-order valence-electron chi connectivity index (χ4n) is 2.86. The standard InChI is InChI=1S/C16H21NO/c1-3-13-7-6-8-14(11-13)16(12-17-2)10-5-4-9-15(16)18/h6-8,11-12H,3-5,9-10H2,1-2H3/t16-/m0/s1. The third kappa shape index (κ3) is 2.24. The first-order chi connectivity index (χ1) is 8.73. The molecule has 1 saturated carbocycles. The summed E-state index contributed by atoms with van der Waals surface area (Å²) in [4.78, 5) is 16.6. The Morgan fingerprint density at radius 3 is 2.89 bits per heavy atom. The van der Waals surface area contributed by atoms with E-state index in [9.17, 15) is 4.79 Å². The number of hydrogen-bond acceptors (Lipinski definition) is 2. The van der Waals surface area contributed by atoms with Crippen LogP contribution in [-0.2, 0) is 16.6 Å². The Labute approximate surface area is 109 Å². The lowest BCUT2D eigenvalue weighted by Gasteiger charge is -2.33. The first kappa shape index (κ1) is 13.0. The molecule has 0 unspecified atom stereocenters. The van der Waals surface area contributed by atoms with Gasteiger partial charge < -0.3 is 0 Å². The van der Waals surface area contributed by atoms with Crippen molar-refractivity contribution in [3.05, 3.63) is 35.4 Å². The number of ketones is 1. The summed E-state index contributed by atoms with van der Waals surface area (Å²) in [6.07, 6.45) is 6.57. The van der Waals surface area contributed by atoms with E-state index < -0.39 is 5.41 Å². The average Bonchev–Trinajstić information content (AvgIpc) is 2.42. The van der Waals surface area contributed by atoms with Crippen LogP contribution in [0.4, 0.5) is 0 Å². The Kier molecular flexibility index (Phi) is 3.95. The summed E-state index contributed by atoms with van der Waals surface area (Å²) in [5, 5.41) is 0. The zero-order chi connectivity index (χ0) is 13.0. The van der Waals surface area contributed by atoms with Gasteiger partial charge in [0.1, 0.15) is 5.78 Å². The number of carbonyl (C=O) groups excluding carboxylic acids is 1. The predicted molar refractivity (Wildman–Crippen MR) is 75.4 cm³/mol. The number of hydrogen-bond donors (Lipinski definition) is 0. The third-order valence-electron chi connectivity index (χ3n) is 3.92. The van der Waals surface area contributed by atoms with Crippen LogP contribution in [-0.4, -0.2) is 19.0 Å². The van der Waals surface area contributed by atoms with E-state index in [1.807, 2.05) is 6.21 Å². The van der Waals surface area contributed by atoms with Gasteiger partial charge in [-0.3, -0.25) is 9.79 Å². The molecule has 0 saturated heterocycles. The number of aliphatic imine (C=N–C) groups is 1. The van der Waals surface area contributed by atoms with Crippen LogP contribution in [0.25, 0.3) is 0 Å². The van der Waals surface area contributed by atoms with Crippen molar-refractivity contribution < 1.29 is 4.79 Å². The molecule has 0 N–H and O–H groups in total. The zero-order valence-electron chi connectivity index (χ0n) is 11.3. The molecular formula is C16H21NO. The molecule has 0 bridgehead atoms. The van der Waals surface area contributed by atoms with Gasteiger partial charge in [0.25, 0.3) is 0 Å². The topological polar surface area (TPSA) is 29.4 Å². The summed E-state index contributed by atoms with van der Waals surface area (Å²) >= 11 is 0. The molecule has 1 fully saturated rings. The number of benzene rings is 1. The number of carbonyl (C=O) groups is 1. The molecule has 1 aromatic carbocycles. The van der Waals surface area contributed by atoms with Gasteiger partial charge >= 0.3 is 0 Å². The van der Waals surface area contributed by atoms with Gasteiger partial charge in [-0.15, -0.1) is 0 Å². The Morgan fingerprint density at radius 1 is 1.39 bits per heavy atom. The van der Waals surface area contributed by atoms with Crippen molar-refractivity contribution in [2.75, 3.05) is 7.05 Å². The molecule has 18 heavy (non-hydrogen) atoms. The number of nitrogens with zero attached hydrogens (tertiary/aromatic N) is 1. The van der Waals surface area contributed by atoms with Crippen LogP contribution in [0.1, 0.15) is 43.7 Å². The van der Waals surface area contributed by atoms with Gasteiger partial charge in [0, 0.05) is 19.7 Å². The maximum atomic E-state index is 12.4. The molecule has 1 aromatic rings. The maximum absolute atomic E-state index is 12.4. The largest absolute Gasteiger partial charge is 0.299 e. The average molecular weight is 243 g/mol. The quantitative estimate of drug-likeness (QED) is 0.749. The second-order valence-electron chi connectivity index (χ2n) is 5.04. The van der Waals surface area contributed by atoms with Gasteiger partial charge in [-0.1, -0.05) is 37.6 Å². The van der Waals surface area contributed by atoms with Crippen molar-refractivity contribution in [2.24, 2.45) is 4.99 Å². The third-order valence-corrected chi connectivity index (χ3v) is 3.92. The smallest absolute Gasteiger partial charge is 0.148 e. The summed E-state index contributed by atoms with van der Waals surface area (Å²) in [6.45, 7) is 2.14. The maximum Gasteiger partial charge on any atom is 0.148 e. The molecule has 0 heterocycles. The zero-order valence-corrected chi connectivity index (χ0v) is 11.3. The van der Waals surface area contributed by atoms with E-state index >= 15 is 0 Å². The molecule has 1 atom stereocenters. The van der Waals surface area contributed by atoms with Gasteiger partial charge in [-0.05, 0) is 30.4 Å². The molecular weight excluding hydrogens is 222 g/mol. The Bertz CT molecular complexity index is 464. The van der Waals surface area contributed by atoms with Crippen molar-refractivity contribution in [3.63, 3.8) is 0 Å². The Morgan fingerprint density at radius 2 is 2.22 bits per heavy atom. The molecule has 96 valence electrons. The molecule has 0 aliphatic heterocycles. The van der Waals surface area contributed by atoms with Gasteiger partial charge in [0.05, 0.1) is 5.41 Å². The first-order valence-corrected chi connectivity index (χ1v) is 6.79. The molecule has 2 heteroatoms. The predicted octanol–water partition coefficient (Wildman–Crippen LogP) is 3.33. The lowest BCUT2D eigenvalue weighted by molar-refractivity contribution is -0.123. The summed E-state index contributed by atoms with van der Waals surface area (Å²) in [5.74, 6) is 0.326. The van der Waals surface area contributed by atoms with Crippen molar-refractivity contribution >= 4 is 12.0 Å². The van der Waals surface area contributed by atoms with Crippen molar-refractivity contribution in [1.82, 2.24) is 0 Å². The number of aryl methyl sites for hydroxylation is 1. The lowest BCUT2D eigenvalue weighted by atomic mass is 9.69. The molecule has 1 aliphatic rings. The van der Waals surface area contributed by atoms with E-state index in [1.54, 1.807) is 7.05 Å². The van der Waals surface area contributed by atoms with Crippen molar-refractivity contribution in [1.29, 1.82) is 0 Å². The molecule has 1 aliphatic carbocycles. The molecule has 0 amide bonds. The second kappa shape index (κ2) is 5.47. The number of rotatable bonds is 3. The summed E-state index contributed by atoms with van der Waals surface area (Å²) in [5.41, 5.74) is 1.95. The van der Waals surface area contributed by atoms with E-state index in [0.717, 1.165) is 31.2 Å². The van der Waals surface area contributed by atoms with Crippen LogP contribution < -0.4 is 0 Å². The Hall–Kier alpha value is -1.44. The highest BCUT2D eigenvalue weighted by Crippen LogP contribution is 2.35. The van der Waals surface area contributed by atoms with Gasteiger partial charge in [0.2, 0.25) is 0 Å².